The van der Waals surface area contributed by atoms with E-state index in [0.29, 0.717) is 35.7 Å². The summed E-state index contributed by atoms with van der Waals surface area (Å²) in [5.74, 6) is 1.89. The highest BCUT2D eigenvalue weighted by molar-refractivity contribution is 5.64. The van der Waals surface area contributed by atoms with Crippen LogP contribution in [-0.2, 0) is 6.42 Å². The maximum absolute atomic E-state index is 5.79. The highest BCUT2D eigenvalue weighted by atomic mass is 16.5. The first-order valence-corrected chi connectivity index (χ1v) is 6.09. The van der Waals surface area contributed by atoms with Gasteiger partial charge >= 0.3 is 0 Å². The molecule has 0 bridgehead atoms. The van der Waals surface area contributed by atoms with Gasteiger partial charge in [-0.2, -0.15) is 4.98 Å². The summed E-state index contributed by atoms with van der Waals surface area (Å²) in [4.78, 5) is 8.47. The first-order valence-electron chi connectivity index (χ1n) is 6.09. The monoisotopic (exact) mass is 238 g/mol. The lowest BCUT2D eigenvalue weighted by atomic mass is 10.1. The van der Waals surface area contributed by atoms with E-state index in [1.165, 1.54) is 0 Å². The molecule has 0 atom stereocenters. The van der Waals surface area contributed by atoms with Gasteiger partial charge in [0.25, 0.3) is 0 Å². The molecule has 4 N–H and O–H groups in total. The second-order valence-electron chi connectivity index (χ2n) is 4.54. The number of hydrogen-bond acceptors (Lipinski definition) is 5. The van der Waals surface area contributed by atoms with Gasteiger partial charge in [-0.15, -0.1) is 0 Å². The van der Waals surface area contributed by atoms with Gasteiger partial charge < -0.3 is 16.2 Å². The number of nitrogens with two attached hydrogens (primary N) is 2. The van der Waals surface area contributed by atoms with Crippen LogP contribution in [0, 0.1) is 5.92 Å². The lowest BCUT2D eigenvalue weighted by Gasteiger charge is -2.11. The number of ether oxygens (including phenoxy) is 1. The molecule has 0 fully saturated rings. The van der Waals surface area contributed by atoms with Crippen LogP contribution in [0.4, 0.5) is 11.5 Å². The Morgan fingerprint density at radius 2 is 1.94 bits per heavy atom. The fraction of sp³-hybridized carbons (Fsp3) is 0.667. The van der Waals surface area contributed by atoms with Crippen LogP contribution in [-0.4, -0.2) is 16.6 Å². The number of anilines is 2. The quantitative estimate of drug-likeness (QED) is 0.740. The topological polar surface area (TPSA) is 87.0 Å². The Bertz CT molecular complexity index is 366. The van der Waals surface area contributed by atoms with Crippen LogP contribution >= 0.6 is 0 Å². The summed E-state index contributed by atoms with van der Waals surface area (Å²) in [6.45, 7) is 6.92. The van der Waals surface area contributed by atoms with E-state index in [9.17, 15) is 0 Å². The predicted molar refractivity (Wildman–Crippen MR) is 69.8 cm³/mol. The zero-order valence-electron chi connectivity index (χ0n) is 10.9. The molecule has 0 saturated carbocycles. The molecule has 17 heavy (non-hydrogen) atoms. The Hall–Kier alpha value is -1.52. The van der Waals surface area contributed by atoms with E-state index in [1.54, 1.807) is 0 Å². The summed E-state index contributed by atoms with van der Waals surface area (Å²) in [5, 5.41) is 0. The van der Waals surface area contributed by atoms with Crippen LogP contribution in [0.1, 0.15) is 39.4 Å². The van der Waals surface area contributed by atoms with E-state index in [-0.39, 0.29) is 0 Å². The number of unbranched alkanes of at least 4 members (excludes halogenated alkanes) is 1. The normalized spacial score (nSPS) is 10.8. The Labute approximate surface area is 103 Å². The largest absolute Gasteiger partial charge is 0.476 e. The number of nitrogens with zero attached hydrogens (tertiary/aromatic N) is 2. The van der Waals surface area contributed by atoms with Crippen molar-refractivity contribution in [2.75, 3.05) is 18.1 Å². The minimum atomic E-state index is 0.308. The molecule has 0 spiro atoms. The molecule has 1 rings (SSSR count). The van der Waals surface area contributed by atoms with Gasteiger partial charge in [-0.1, -0.05) is 27.2 Å². The molecule has 0 aliphatic heterocycles. The smallest absolute Gasteiger partial charge is 0.242 e. The van der Waals surface area contributed by atoms with Gasteiger partial charge in [-0.3, -0.25) is 0 Å². The average molecular weight is 238 g/mol. The third-order valence-corrected chi connectivity index (χ3v) is 2.31. The van der Waals surface area contributed by atoms with E-state index in [2.05, 4.69) is 30.7 Å². The van der Waals surface area contributed by atoms with E-state index >= 15 is 0 Å². The maximum atomic E-state index is 5.79. The molecular formula is C12H22N4O. The minimum absolute atomic E-state index is 0.308. The van der Waals surface area contributed by atoms with E-state index < -0.39 is 0 Å². The molecule has 0 saturated heterocycles. The fourth-order valence-corrected chi connectivity index (χ4v) is 1.39. The molecule has 96 valence electrons. The van der Waals surface area contributed by atoms with Crippen LogP contribution in [0.15, 0.2) is 0 Å². The Kier molecular flexibility index (Phi) is 5.00. The molecule has 0 radical (unpaired) electrons. The average Bonchev–Trinajstić information content (AvgIpc) is 2.24. The van der Waals surface area contributed by atoms with Crippen LogP contribution in [0.3, 0.4) is 0 Å². The van der Waals surface area contributed by atoms with Gasteiger partial charge in [0, 0.05) is 6.42 Å². The first kappa shape index (κ1) is 13.5. The molecule has 5 nitrogen and oxygen atoms in total. The summed E-state index contributed by atoms with van der Waals surface area (Å²) in [6, 6.07) is 0. The van der Waals surface area contributed by atoms with Gasteiger partial charge in [0.1, 0.15) is 11.5 Å². The fourth-order valence-electron chi connectivity index (χ4n) is 1.39. The van der Waals surface area contributed by atoms with Crippen molar-refractivity contribution in [1.82, 2.24) is 9.97 Å². The molecule has 1 heterocycles. The van der Waals surface area contributed by atoms with Gasteiger partial charge in [-0.05, 0) is 12.3 Å². The van der Waals surface area contributed by atoms with Gasteiger partial charge in [0.2, 0.25) is 5.88 Å². The van der Waals surface area contributed by atoms with Crippen molar-refractivity contribution in [3.05, 3.63) is 5.82 Å². The van der Waals surface area contributed by atoms with E-state index in [1.807, 2.05) is 0 Å². The molecule has 1 aromatic heterocycles. The highest BCUT2D eigenvalue weighted by Gasteiger charge is 2.11. The van der Waals surface area contributed by atoms with Crippen molar-refractivity contribution in [2.45, 2.75) is 40.0 Å². The van der Waals surface area contributed by atoms with Crippen LogP contribution in [0.2, 0.25) is 0 Å². The Balaban J connectivity index is 2.82. The third kappa shape index (κ3) is 4.09. The van der Waals surface area contributed by atoms with Gasteiger partial charge in [0.05, 0.1) is 6.61 Å². The van der Waals surface area contributed by atoms with Gasteiger partial charge in [0.15, 0.2) is 5.82 Å². The number of nitrogen functional groups attached to an aromatic ring is 2. The number of aromatic nitrogens is 2. The third-order valence-electron chi connectivity index (χ3n) is 2.31. The molecule has 0 aliphatic carbocycles. The lowest BCUT2D eigenvalue weighted by molar-refractivity contribution is 0.298. The van der Waals surface area contributed by atoms with Crippen LogP contribution < -0.4 is 16.2 Å². The molecule has 0 unspecified atom stereocenters. The summed E-state index contributed by atoms with van der Waals surface area (Å²) in [6.07, 6.45) is 2.82. The molecule has 0 aliphatic rings. The van der Waals surface area contributed by atoms with Crippen molar-refractivity contribution >= 4 is 11.5 Å². The van der Waals surface area contributed by atoms with E-state index in [4.69, 9.17) is 16.2 Å². The molecular weight excluding hydrogens is 216 g/mol. The second kappa shape index (κ2) is 6.27. The van der Waals surface area contributed by atoms with E-state index in [0.717, 1.165) is 19.3 Å². The first-order chi connectivity index (χ1) is 8.04. The zero-order valence-corrected chi connectivity index (χ0v) is 10.9. The van der Waals surface area contributed by atoms with Crippen molar-refractivity contribution in [3.8, 4) is 5.88 Å². The Morgan fingerprint density at radius 1 is 1.24 bits per heavy atom. The molecule has 5 heteroatoms. The van der Waals surface area contributed by atoms with Gasteiger partial charge in [-0.25, -0.2) is 4.98 Å². The van der Waals surface area contributed by atoms with Crippen molar-refractivity contribution in [3.63, 3.8) is 0 Å². The zero-order chi connectivity index (χ0) is 12.8. The summed E-state index contributed by atoms with van der Waals surface area (Å²) < 4.78 is 5.52. The van der Waals surface area contributed by atoms with Crippen molar-refractivity contribution in [1.29, 1.82) is 0 Å². The highest BCUT2D eigenvalue weighted by Crippen LogP contribution is 2.24. The minimum Gasteiger partial charge on any atom is -0.476 e. The maximum Gasteiger partial charge on any atom is 0.242 e. The molecule has 0 amide bonds. The molecule has 0 aromatic carbocycles. The number of rotatable bonds is 6. The standard InChI is InChI=1S/C12H22N4O/c1-4-5-6-17-12-10(13)11(14)15-9(16-12)7-8(2)3/h8H,4-7,13H2,1-3H3,(H2,14,15,16). The van der Waals surface area contributed by atoms with Crippen LogP contribution in [0.5, 0.6) is 5.88 Å². The summed E-state index contributed by atoms with van der Waals surface area (Å²) in [5.41, 5.74) is 11.9. The van der Waals surface area contributed by atoms with Crippen molar-refractivity contribution in [2.24, 2.45) is 5.92 Å². The number of hydrogen-bond donors (Lipinski definition) is 2. The summed E-state index contributed by atoms with van der Waals surface area (Å²) >= 11 is 0. The molecule has 1 aromatic rings. The summed E-state index contributed by atoms with van der Waals surface area (Å²) in [7, 11) is 0. The SMILES string of the molecule is CCCCOc1nc(CC(C)C)nc(N)c1N. The Morgan fingerprint density at radius 3 is 2.53 bits per heavy atom. The van der Waals surface area contributed by atoms with Crippen LogP contribution in [0.25, 0.3) is 0 Å². The predicted octanol–water partition coefficient (Wildman–Crippen LogP) is 2.02. The van der Waals surface area contributed by atoms with Crippen molar-refractivity contribution < 1.29 is 4.74 Å². The second-order valence-corrected chi connectivity index (χ2v) is 4.54. The lowest BCUT2D eigenvalue weighted by Crippen LogP contribution is -2.10.